The summed E-state index contributed by atoms with van der Waals surface area (Å²) in [4.78, 5) is 38.9. The Morgan fingerprint density at radius 3 is 2.75 bits per heavy atom. The second-order valence-corrected chi connectivity index (χ2v) is 7.43. The quantitative estimate of drug-likeness (QED) is 0.835. The molecular formula is C19H25N5O4. The highest BCUT2D eigenvalue weighted by Crippen LogP contribution is 2.14. The van der Waals surface area contributed by atoms with E-state index in [-0.39, 0.29) is 30.1 Å². The largest absolute Gasteiger partial charge is 0.459 e. The molecule has 9 nitrogen and oxygen atoms in total. The minimum Gasteiger partial charge on any atom is -0.459 e. The van der Waals surface area contributed by atoms with Crippen LogP contribution < -0.4 is 11.0 Å². The first kappa shape index (κ1) is 18.5. The molecule has 9 heteroatoms. The summed E-state index contributed by atoms with van der Waals surface area (Å²) in [5, 5.41) is 7.32. The molecule has 4 heterocycles. The Balaban J connectivity index is 1.29. The van der Waals surface area contributed by atoms with Crippen LogP contribution in [0.25, 0.3) is 0 Å². The van der Waals surface area contributed by atoms with Gasteiger partial charge in [0.15, 0.2) is 5.76 Å². The number of furan rings is 1. The molecule has 0 atom stereocenters. The summed E-state index contributed by atoms with van der Waals surface area (Å²) in [6.07, 6.45) is 6.71. The molecule has 1 saturated heterocycles. The van der Waals surface area contributed by atoms with E-state index in [4.69, 9.17) is 4.42 Å². The zero-order valence-corrected chi connectivity index (χ0v) is 15.8. The van der Waals surface area contributed by atoms with Crippen molar-refractivity contribution < 1.29 is 14.0 Å². The standard InChI is InChI=1S/C19H25N5O4/c25-17(13-24-19(27)23-9-3-1-2-6-16(23)21-24)20-14-7-10-22(11-8-14)18(26)15-5-4-12-28-15/h4-5,12,14H,1-3,6-11,13H2,(H,20,25). The molecular weight excluding hydrogens is 362 g/mol. The maximum Gasteiger partial charge on any atom is 0.346 e. The van der Waals surface area contributed by atoms with Gasteiger partial charge in [-0.3, -0.25) is 14.2 Å². The van der Waals surface area contributed by atoms with E-state index in [1.54, 1.807) is 21.6 Å². The Kier molecular flexibility index (Phi) is 5.31. The summed E-state index contributed by atoms with van der Waals surface area (Å²) >= 11 is 0. The predicted molar refractivity (Wildman–Crippen MR) is 99.8 cm³/mol. The van der Waals surface area contributed by atoms with E-state index in [0.717, 1.165) is 31.5 Å². The van der Waals surface area contributed by atoms with Crippen LogP contribution in [-0.4, -0.2) is 50.2 Å². The minimum atomic E-state index is -0.217. The molecule has 0 saturated carbocycles. The summed E-state index contributed by atoms with van der Waals surface area (Å²) in [7, 11) is 0. The molecule has 1 N–H and O–H groups in total. The average Bonchev–Trinajstić information content (AvgIpc) is 3.25. The van der Waals surface area contributed by atoms with Gasteiger partial charge in [0.25, 0.3) is 5.91 Å². The van der Waals surface area contributed by atoms with Gasteiger partial charge in [0.1, 0.15) is 12.4 Å². The van der Waals surface area contributed by atoms with Crippen molar-refractivity contribution in [3.05, 3.63) is 40.5 Å². The Bertz CT molecular complexity index is 890. The van der Waals surface area contributed by atoms with Gasteiger partial charge in [-0.25, -0.2) is 9.48 Å². The maximum atomic E-state index is 12.5. The van der Waals surface area contributed by atoms with E-state index in [0.29, 0.717) is 38.2 Å². The van der Waals surface area contributed by atoms with Crippen LogP contribution in [0.4, 0.5) is 0 Å². The fourth-order valence-corrected chi connectivity index (χ4v) is 3.92. The molecule has 1 fully saturated rings. The molecule has 2 aromatic rings. The number of carbonyl (C=O) groups excluding carboxylic acids is 2. The van der Waals surface area contributed by atoms with Gasteiger partial charge in [-0.15, -0.1) is 0 Å². The summed E-state index contributed by atoms with van der Waals surface area (Å²) in [6, 6.07) is 3.34. The molecule has 2 aliphatic heterocycles. The first-order valence-electron chi connectivity index (χ1n) is 9.90. The number of aromatic nitrogens is 3. The van der Waals surface area contributed by atoms with Gasteiger partial charge >= 0.3 is 5.69 Å². The van der Waals surface area contributed by atoms with E-state index in [2.05, 4.69) is 10.4 Å². The van der Waals surface area contributed by atoms with Gasteiger partial charge in [-0.1, -0.05) is 6.42 Å². The van der Waals surface area contributed by atoms with Gasteiger partial charge in [-0.05, 0) is 37.8 Å². The first-order chi connectivity index (χ1) is 13.6. The molecule has 28 heavy (non-hydrogen) atoms. The first-order valence-corrected chi connectivity index (χ1v) is 9.90. The second-order valence-electron chi connectivity index (χ2n) is 7.43. The van der Waals surface area contributed by atoms with Crippen molar-refractivity contribution in [2.24, 2.45) is 0 Å². The van der Waals surface area contributed by atoms with Crippen LogP contribution in [0.1, 0.15) is 48.5 Å². The number of piperidine rings is 1. The zero-order valence-electron chi connectivity index (χ0n) is 15.8. The summed E-state index contributed by atoms with van der Waals surface area (Å²) < 4.78 is 8.12. The maximum absolute atomic E-state index is 12.5. The van der Waals surface area contributed by atoms with Crippen LogP contribution in [-0.2, 0) is 24.3 Å². The van der Waals surface area contributed by atoms with E-state index < -0.39 is 0 Å². The minimum absolute atomic E-state index is 0.00991. The summed E-state index contributed by atoms with van der Waals surface area (Å²) in [6.45, 7) is 1.73. The normalized spacial score (nSPS) is 17.8. The highest BCUT2D eigenvalue weighted by molar-refractivity contribution is 5.91. The summed E-state index contributed by atoms with van der Waals surface area (Å²) in [5.41, 5.74) is -0.203. The fourth-order valence-electron chi connectivity index (χ4n) is 3.92. The lowest BCUT2D eigenvalue weighted by Crippen LogP contribution is -2.47. The SMILES string of the molecule is O=C(Cn1nc2n(c1=O)CCCCC2)NC1CCN(C(=O)c2ccco2)CC1. The smallest absolute Gasteiger partial charge is 0.346 e. The number of aryl methyl sites for hydroxylation is 1. The lowest BCUT2D eigenvalue weighted by molar-refractivity contribution is -0.122. The molecule has 0 aromatic carbocycles. The molecule has 2 aromatic heterocycles. The van der Waals surface area contributed by atoms with Crippen molar-refractivity contribution >= 4 is 11.8 Å². The van der Waals surface area contributed by atoms with Crippen molar-refractivity contribution in [1.29, 1.82) is 0 Å². The van der Waals surface area contributed by atoms with E-state index in [1.165, 1.54) is 10.9 Å². The van der Waals surface area contributed by atoms with Crippen molar-refractivity contribution in [2.45, 2.75) is 57.7 Å². The highest BCUT2D eigenvalue weighted by atomic mass is 16.3. The lowest BCUT2D eigenvalue weighted by Gasteiger charge is -2.31. The molecule has 0 bridgehead atoms. The van der Waals surface area contributed by atoms with Crippen molar-refractivity contribution in [2.75, 3.05) is 13.1 Å². The molecule has 0 aliphatic carbocycles. The Hall–Kier alpha value is -2.84. The molecule has 2 aliphatic rings. The molecule has 0 spiro atoms. The number of rotatable bonds is 4. The topological polar surface area (TPSA) is 102 Å². The molecule has 0 radical (unpaired) electrons. The molecule has 2 amide bonds. The van der Waals surface area contributed by atoms with Crippen LogP contribution in [0, 0.1) is 0 Å². The van der Waals surface area contributed by atoms with Gasteiger partial charge in [0, 0.05) is 32.1 Å². The highest BCUT2D eigenvalue weighted by Gasteiger charge is 2.26. The van der Waals surface area contributed by atoms with Gasteiger partial charge in [0.05, 0.1) is 6.26 Å². The molecule has 4 rings (SSSR count). The van der Waals surface area contributed by atoms with Crippen LogP contribution in [0.5, 0.6) is 0 Å². The fraction of sp³-hybridized carbons (Fsp3) is 0.579. The third kappa shape index (κ3) is 3.88. The lowest BCUT2D eigenvalue weighted by atomic mass is 10.0. The van der Waals surface area contributed by atoms with E-state index >= 15 is 0 Å². The Morgan fingerprint density at radius 1 is 1.18 bits per heavy atom. The Labute approximate surface area is 162 Å². The Morgan fingerprint density at radius 2 is 2.00 bits per heavy atom. The van der Waals surface area contributed by atoms with Gasteiger partial charge in [-0.2, -0.15) is 5.10 Å². The van der Waals surface area contributed by atoms with Crippen LogP contribution in [0.3, 0.4) is 0 Å². The third-order valence-electron chi connectivity index (χ3n) is 5.45. The third-order valence-corrected chi connectivity index (χ3v) is 5.45. The van der Waals surface area contributed by atoms with Crippen LogP contribution >= 0.6 is 0 Å². The zero-order chi connectivity index (χ0) is 19.5. The average molecular weight is 387 g/mol. The predicted octanol–water partition coefficient (Wildman–Crippen LogP) is 0.785. The van der Waals surface area contributed by atoms with Crippen molar-refractivity contribution in [1.82, 2.24) is 24.6 Å². The second kappa shape index (κ2) is 8.04. The number of nitrogens with zero attached hydrogens (tertiary/aromatic N) is 4. The van der Waals surface area contributed by atoms with E-state index in [1.807, 2.05) is 0 Å². The molecule has 150 valence electrons. The number of hydrogen-bond donors (Lipinski definition) is 1. The van der Waals surface area contributed by atoms with Crippen molar-refractivity contribution in [3.8, 4) is 0 Å². The number of fused-ring (bicyclic) bond motifs is 1. The number of likely N-dealkylation sites (tertiary alicyclic amines) is 1. The van der Waals surface area contributed by atoms with Gasteiger partial charge < -0.3 is 14.6 Å². The number of amides is 2. The monoisotopic (exact) mass is 387 g/mol. The van der Waals surface area contributed by atoms with Crippen molar-refractivity contribution in [3.63, 3.8) is 0 Å². The number of hydrogen-bond acceptors (Lipinski definition) is 5. The van der Waals surface area contributed by atoms with Gasteiger partial charge in [0.2, 0.25) is 5.91 Å². The number of nitrogens with one attached hydrogen (secondary N) is 1. The van der Waals surface area contributed by atoms with E-state index in [9.17, 15) is 14.4 Å². The summed E-state index contributed by atoms with van der Waals surface area (Å²) in [5.74, 6) is 0.772. The molecule has 0 unspecified atom stereocenters. The van der Waals surface area contributed by atoms with Crippen LogP contribution in [0.2, 0.25) is 0 Å². The van der Waals surface area contributed by atoms with Crippen LogP contribution in [0.15, 0.2) is 27.6 Å². The number of carbonyl (C=O) groups is 2.